The van der Waals surface area contributed by atoms with E-state index in [0.29, 0.717) is 0 Å². The van der Waals surface area contributed by atoms with Gasteiger partial charge in [0.25, 0.3) is 0 Å². The van der Waals surface area contributed by atoms with Crippen molar-refractivity contribution in [3.63, 3.8) is 0 Å². The number of hydrogen-bond acceptors (Lipinski definition) is 4. The maximum absolute atomic E-state index is 5.49. The summed E-state index contributed by atoms with van der Waals surface area (Å²) >= 11 is 0. The Balaban J connectivity index is 2.05. The van der Waals surface area contributed by atoms with Crippen molar-refractivity contribution in [1.82, 2.24) is 15.6 Å². The van der Waals surface area contributed by atoms with Gasteiger partial charge in [0.05, 0.1) is 18.8 Å². The first kappa shape index (κ1) is 7.76. The predicted molar refractivity (Wildman–Crippen MR) is 44.4 cm³/mol. The minimum atomic E-state index is 0.740. The summed E-state index contributed by atoms with van der Waals surface area (Å²) in [6.07, 6.45) is 0. The van der Waals surface area contributed by atoms with E-state index in [-0.39, 0.29) is 0 Å². The minimum absolute atomic E-state index is 0.740. The molecule has 0 saturated heterocycles. The third-order valence-electron chi connectivity index (χ3n) is 1.93. The minimum Gasteiger partial charge on any atom is -0.443 e. The molecule has 0 saturated carbocycles. The molecular formula is C8H13N3O. The predicted octanol–water partition coefficient (Wildman–Crippen LogP) is 0.387. The van der Waals surface area contributed by atoms with E-state index in [1.54, 1.807) is 0 Å². The van der Waals surface area contributed by atoms with Crippen LogP contribution in [0.1, 0.15) is 24.3 Å². The van der Waals surface area contributed by atoms with Crippen LogP contribution in [0, 0.1) is 0 Å². The Labute approximate surface area is 71.4 Å². The topological polar surface area (TPSA) is 50.1 Å². The molecule has 0 spiro atoms. The second-order valence-corrected chi connectivity index (χ2v) is 2.86. The van der Waals surface area contributed by atoms with Crippen LogP contribution in [-0.4, -0.2) is 11.5 Å². The Morgan fingerprint density at radius 1 is 1.58 bits per heavy atom. The standard InChI is InChI=1S/C8H13N3O/c1-2-9-5-8-11-6-3-10-4-7(6)12-8/h9-10H,2-5H2,1H3. The molecule has 1 aromatic heterocycles. The highest BCUT2D eigenvalue weighted by Gasteiger charge is 2.17. The lowest BCUT2D eigenvalue weighted by atomic mass is 10.4. The van der Waals surface area contributed by atoms with E-state index in [0.717, 1.165) is 43.5 Å². The molecule has 4 heteroatoms. The quantitative estimate of drug-likeness (QED) is 0.683. The van der Waals surface area contributed by atoms with Crippen molar-refractivity contribution in [3.8, 4) is 0 Å². The third-order valence-corrected chi connectivity index (χ3v) is 1.93. The van der Waals surface area contributed by atoms with Gasteiger partial charge >= 0.3 is 0 Å². The van der Waals surface area contributed by atoms with Crippen LogP contribution < -0.4 is 10.6 Å². The normalized spacial score (nSPS) is 15.1. The highest BCUT2D eigenvalue weighted by Crippen LogP contribution is 2.15. The molecule has 1 aromatic rings. The summed E-state index contributed by atoms with van der Waals surface area (Å²) in [4.78, 5) is 4.34. The van der Waals surface area contributed by atoms with Gasteiger partial charge in [-0.25, -0.2) is 4.98 Å². The molecule has 0 aromatic carbocycles. The largest absolute Gasteiger partial charge is 0.443 e. The van der Waals surface area contributed by atoms with E-state index in [4.69, 9.17) is 4.42 Å². The first-order valence-corrected chi connectivity index (χ1v) is 4.29. The number of oxazole rings is 1. The van der Waals surface area contributed by atoms with Gasteiger partial charge in [0.15, 0.2) is 0 Å². The van der Waals surface area contributed by atoms with Crippen LogP contribution in [0.4, 0.5) is 0 Å². The van der Waals surface area contributed by atoms with Gasteiger partial charge in [-0.05, 0) is 6.54 Å². The Morgan fingerprint density at radius 2 is 2.50 bits per heavy atom. The molecule has 66 valence electrons. The van der Waals surface area contributed by atoms with Gasteiger partial charge in [-0.3, -0.25) is 0 Å². The van der Waals surface area contributed by atoms with Crippen LogP contribution in [0.3, 0.4) is 0 Å². The first-order valence-electron chi connectivity index (χ1n) is 4.29. The highest BCUT2D eigenvalue weighted by atomic mass is 16.4. The molecule has 0 fully saturated rings. The van der Waals surface area contributed by atoms with Gasteiger partial charge in [-0.2, -0.15) is 0 Å². The smallest absolute Gasteiger partial charge is 0.208 e. The second kappa shape index (κ2) is 3.25. The molecule has 4 nitrogen and oxygen atoms in total. The number of hydrogen-bond donors (Lipinski definition) is 2. The fraction of sp³-hybridized carbons (Fsp3) is 0.625. The summed E-state index contributed by atoms with van der Waals surface area (Å²) < 4.78 is 5.49. The summed E-state index contributed by atoms with van der Waals surface area (Å²) in [6, 6.07) is 0. The molecule has 0 amide bonds. The summed E-state index contributed by atoms with van der Waals surface area (Å²) in [5.41, 5.74) is 1.07. The molecule has 0 unspecified atom stereocenters. The first-order chi connectivity index (χ1) is 5.90. The van der Waals surface area contributed by atoms with Crippen molar-refractivity contribution < 1.29 is 4.42 Å². The lowest BCUT2D eigenvalue weighted by Gasteiger charge is -1.95. The lowest BCUT2D eigenvalue weighted by molar-refractivity contribution is 0.434. The molecule has 2 N–H and O–H groups in total. The van der Waals surface area contributed by atoms with Crippen molar-refractivity contribution >= 4 is 0 Å². The Kier molecular flexibility index (Phi) is 2.10. The zero-order chi connectivity index (χ0) is 8.39. The van der Waals surface area contributed by atoms with Crippen LogP contribution in [-0.2, 0) is 19.6 Å². The molecule has 0 bridgehead atoms. The van der Waals surface area contributed by atoms with Crippen molar-refractivity contribution in [2.24, 2.45) is 0 Å². The van der Waals surface area contributed by atoms with Gasteiger partial charge in [0, 0.05) is 6.54 Å². The molecule has 0 radical (unpaired) electrons. The molecule has 0 atom stereocenters. The Morgan fingerprint density at radius 3 is 3.25 bits per heavy atom. The summed E-state index contributed by atoms with van der Waals surface area (Å²) in [7, 11) is 0. The van der Waals surface area contributed by atoms with Crippen molar-refractivity contribution in [2.75, 3.05) is 6.54 Å². The van der Waals surface area contributed by atoms with Crippen molar-refractivity contribution in [2.45, 2.75) is 26.6 Å². The van der Waals surface area contributed by atoms with Crippen molar-refractivity contribution in [3.05, 3.63) is 17.3 Å². The van der Waals surface area contributed by atoms with Gasteiger partial charge in [0.1, 0.15) is 5.76 Å². The highest BCUT2D eigenvalue weighted by molar-refractivity contribution is 5.13. The molecular weight excluding hydrogens is 154 g/mol. The average Bonchev–Trinajstić information content (AvgIpc) is 2.58. The fourth-order valence-electron chi connectivity index (χ4n) is 1.32. The number of nitrogens with one attached hydrogen (secondary N) is 2. The monoisotopic (exact) mass is 167 g/mol. The van der Waals surface area contributed by atoms with Crippen LogP contribution >= 0.6 is 0 Å². The zero-order valence-corrected chi connectivity index (χ0v) is 7.18. The summed E-state index contributed by atoms with van der Waals surface area (Å²) in [5, 5.41) is 6.35. The number of rotatable bonds is 3. The van der Waals surface area contributed by atoms with Gasteiger partial charge < -0.3 is 15.1 Å². The summed E-state index contributed by atoms with van der Waals surface area (Å²) in [6.45, 7) is 5.44. The number of aromatic nitrogens is 1. The molecule has 1 aliphatic rings. The van der Waals surface area contributed by atoms with Crippen LogP contribution in [0.15, 0.2) is 4.42 Å². The zero-order valence-electron chi connectivity index (χ0n) is 7.18. The average molecular weight is 167 g/mol. The Bertz CT molecular complexity index is 248. The molecule has 12 heavy (non-hydrogen) atoms. The van der Waals surface area contributed by atoms with Gasteiger partial charge in [-0.1, -0.05) is 6.92 Å². The van der Waals surface area contributed by atoms with Crippen LogP contribution in [0.5, 0.6) is 0 Å². The maximum Gasteiger partial charge on any atom is 0.208 e. The van der Waals surface area contributed by atoms with Gasteiger partial charge in [-0.15, -0.1) is 0 Å². The van der Waals surface area contributed by atoms with Crippen LogP contribution in [0.25, 0.3) is 0 Å². The summed E-state index contributed by atoms with van der Waals surface area (Å²) in [5.74, 6) is 1.81. The van der Waals surface area contributed by atoms with E-state index < -0.39 is 0 Å². The fourth-order valence-corrected chi connectivity index (χ4v) is 1.32. The van der Waals surface area contributed by atoms with E-state index in [9.17, 15) is 0 Å². The van der Waals surface area contributed by atoms with Crippen molar-refractivity contribution in [1.29, 1.82) is 0 Å². The van der Waals surface area contributed by atoms with Crippen LogP contribution in [0.2, 0.25) is 0 Å². The van der Waals surface area contributed by atoms with E-state index in [1.165, 1.54) is 0 Å². The molecule has 2 rings (SSSR count). The molecule has 0 aliphatic carbocycles. The number of nitrogens with zero attached hydrogens (tertiary/aromatic N) is 1. The van der Waals surface area contributed by atoms with E-state index in [1.807, 2.05) is 0 Å². The maximum atomic E-state index is 5.49. The molecule has 2 heterocycles. The molecule has 1 aliphatic heterocycles. The second-order valence-electron chi connectivity index (χ2n) is 2.86. The number of fused-ring (bicyclic) bond motifs is 1. The lowest BCUT2D eigenvalue weighted by Crippen LogP contribution is -2.12. The van der Waals surface area contributed by atoms with Gasteiger partial charge in [0.2, 0.25) is 5.89 Å². The SMILES string of the molecule is CCNCc1nc2c(o1)CNC2. The van der Waals surface area contributed by atoms with E-state index >= 15 is 0 Å². The Hall–Kier alpha value is -0.870. The van der Waals surface area contributed by atoms with E-state index in [2.05, 4.69) is 22.5 Å². The third kappa shape index (κ3) is 1.35.